The van der Waals surface area contributed by atoms with Crippen LogP contribution in [0.1, 0.15) is 35.6 Å². The van der Waals surface area contributed by atoms with Crippen LogP contribution in [-0.2, 0) is 13.1 Å². The van der Waals surface area contributed by atoms with E-state index in [9.17, 15) is 0 Å². The maximum atomic E-state index is 8.87. The summed E-state index contributed by atoms with van der Waals surface area (Å²) in [6.45, 7) is 6.91. The Morgan fingerprint density at radius 2 is 2.05 bits per heavy atom. The van der Waals surface area contributed by atoms with Crippen molar-refractivity contribution in [3.05, 3.63) is 47.0 Å². The second-order valence-electron chi connectivity index (χ2n) is 5.96. The van der Waals surface area contributed by atoms with Crippen LogP contribution in [0.3, 0.4) is 0 Å². The molecule has 1 atom stereocenters. The van der Waals surface area contributed by atoms with Gasteiger partial charge in [0.1, 0.15) is 11.6 Å². The van der Waals surface area contributed by atoms with Gasteiger partial charge in [-0.3, -0.25) is 4.90 Å². The number of benzene rings is 1. The molecule has 5 nitrogen and oxygen atoms in total. The van der Waals surface area contributed by atoms with Crippen LogP contribution >= 0.6 is 0 Å². The molecule has 2 aromatic rings. The fourth-order valence-electron chi connectivity index (χ4n) is 3.16. The van der Waals surface area contributed by atoms with Crippen molar-refractivity contribution in [1.82, 2.24) is 19.7 Å². The van der Waals surface area contributed by atoms with Crippen molar-refractivity contribution in [1.29, 1.82) is 5.26 Å². The molecule has 1 aliphatic rings. The molecule has 22 heavy (non-hydrogen) atoms. The molecule has 5 heteroatoms. The Morgan fingerprint density at radius 3 is 2.68 bits per heavy atom. The molecule has 1 aliphatic heterocycles. The lowest BCUT2D eigenvalue weighted by Crippen LogP contribution is -2.33. The monoisotopic (exact) mass is 295 g/mol. The van der Waals surface area contributed by atoms with Crippen molar-refractivity contribution in [2.75, 3.05) is 6.54 Å². The molecule has 0 N–H and O–H groups in total. The molecule has 1 aromatic heterocycles. The van der Waals surface area contributed by atoms with E-state index in [2.05, 4.69) is 33.2 Å². The smallest absolute Gasteiger partial charge is 0.147 e. The minimum atomic E-state index is 0.510. The van der Waals surface area contributed by atoms with Gasteiger partial charge in [-0.1, -0.05) is 12.1 Å². The van der Waals surface area contributed by atoms with Gasteiger partial charge in [0, 0.05) is 12.6 Å². The van der Waals surface area contributed by atoms with Crippen molar-refractivity contribution in [2.45, 2.75) is 45.8 Å². The second kappa shape index (κ2) is 6.29. The SMILES string of the molecule is Cc1nc(C)n(C[C@H]2CCCN2Cc2ccc(C#N)cc2)n1. The Labute approximate surface area is 131 Å². The predicted octanol–water partition coefficient (Wildman–Crippen LogP) is 2.43. The average molecular weight is 295 g/mol. The summed E-state index contributed by atoms with van der Waals surface area (Å²) in [5.74, 6) is 1.83. The zero-order chi connectivity index (χ0) is 15.5. The molecule has 1 saturated heterocycles. The molecule has 114 valence electrons. The lowest BCUT2D eigenvalue weighted by molar-refractivity contribution is 0.218. The summed E-state index contributed by atoms with van der Waals surface area (Å²) < 4.78 is 2.02. The van der Waals surface area contributed by atoms with Gasteiger partial charge in [0.15, 0.2) is 0 Å². The first-order chi connectivity index (χ1) is 10.7. The molecule has 0 spiro atoms. The number of rotatable bonds is 4. The van der Waals surface area contributed by atoms with E-state index in [1.165, 1.54) is 18.4 Å². The second-order valence-corrected chi connectivity index (χ2v) is 5.96. The highest BCUT2D eigenvalue weighted by Gasteiger charge is 2.25. The molecule has 0 aliphatic carbocycles. The molecular weight excluding hydrogens is 274 g/mol. The Bertz CT molecular complexity index is 680. The molecule has 3 rings (SSSR count). The van der Waals surface area contributed by atoms with Crippen LogP contribution in [0.2, 0.25) is 0 Å². The first kappa shape index (κ1) is 14.7. The summed E-state index contributed by atoms with van der Waals surface area (Å²) in [6, 6.07) is 10.6. The van der Waals surface area contributed by atoms with Crippen LogP contribution in [0.4, 0.5) is 0 Å². The van der Waals surface area contributed by atoms with E-state index < -0.39 is 0 Å². The Hall–Kier alpha value is -2.19. The van der Waals surface area contributed by atoms with Gasteiger partial charge in [0.05, 0.1) is 18.2 Å². The highest BCUT2D eigenvalue weighted by molar-refractivity contribution is 5.31. The van der Waals surface area contributed by atoms with Crippen LogP contribution in [0.25, 0.3) is 0 Å². The first-order valence-corrected chi connectivity index (χ1v) is 7.77. The first-order valence-electron chi connectivity index (χ1n) is 7.77. The van der Waals surface area contributed by atoms with Gasteiger partial charge >= 0.3 is 0 Å². The summed E-state index contributed by atoms with van der Waals surface area (Å²) in [7, 11) is 0. The van der Waals surface area contributed by atoms with Crippen molar-refractivity contribution in [3.63, 3.8) is 0 Å². The van der Waals surface area contributed by atoms with Gasteiger partial charge in [-0.05, 0) is 50.9 Å². The quantitative estimate of drug-likeness (QED) is 0.869. The zero-order valence-electron chi connectivity index (χ0n) is 13.2. The molecule has 1 fully saturated rings. The molecule has 1 aromatic carbocycles. The van der Waals surface area contributed by atoms with Crippen LogP contribution in [0.5, 0.6) is 0 Å². The van der Waals surface area contributed by atoms with Gasteiger partial charge in [-0.15, -0.1) is 0 Å². The molecular formula is C17H21N5. The number of aryl methyl sites for hydroxylation is 2. The van der Waals surface area contributed by atoms with E-state index in [1.54, 1.807) is 0 Å². The molecule has 0 amide bonds. The normalized spacial score (nSPS) is 18.5. The zero-order valence-corrected chi connectivity index (χ0v) is 13.2. The van der Waals surface area contributed by atoms with E-state index in [4.69, 9.17) is 5.26 Å². The van der Waals surface area contributed by atoms with Crippen molar-refractivity contribution >= 4 is 0 Å². The minimum Gasteiger partial charge on any atom is -0.294 e. The number of nitriles is 1. The maximum absolute atomic E-state index is 8.87. The predicted molar refractivity (Wildman–Crippen MR) is 84.1 cm³/mol. The number of hydrogen-bond acceptors (Lipinski definition) is 4. The Morgan fingerprint density at radius 1 is 1.27 bits per heavy atom. The van der Waals surface area contributed by atoms with Crippen molar-refractivity contribution < 1.29 is 0 Å². The minimum absolute atomic E-state index is 0.510. The van der Waals surface area contributed by atoms with E-state index in [0.717, 1.165) is 36.8 Å². The van der Waals surface area contributed by atoms with E-state index in [1.807, 2.05) is 30.7 Å². The fourth-order valence-corrected chi connectivity index (χ4v) is 3.16. The van der Waals surface area contributed by atoms with Crippen LogP contribution in [0, 0.1) is 25.2 Å². The molecule has 0 saturated carbocycles. The van der Waals surface area contributed by atoms with Crippen LogP contribution < -0.4 is 0 Å². The van der Waals surface area contributed by atoms with Crippen molar-refractivity contribution in [2.24, 2.45) is 0 Å². The highest BCUT2D eigenvalue weighted by atomic mass is 15.4. The van der Waals surface area contributed by atoms with E-state index in [0.29, 0.717) is 6.04 Å². The summed E-state index contributed by atoms with van der Waals surface area (Å²) >= 11 is 0. The highest BCUT2D eigenvalue weighted by Crippen LogP contribution is 2.22. The van der Waals surface area contributed by atoms with Crippen molar-refractivity contribution in [3.8, 4) is 6.07 Å². The largest absolute Gasteiger partial charge is 0.294 e. The van der Waals surface area contributed by atoms with E-state index in [-0.39, 0.29) is 0 Å². The number of nitrogens with zero attached hydrogens (tertiary/aromatic N) is 5. The van der Waals surface area contributed by atoms with Gasteiger partial charge < -0.3 is 0 Å². The summed E-state index contributed by atoms with van der Waals surface area (Å²) in [6.07, 6.45) is 2.43. The lowest BCUT2D eigenvalue weighted by atomic mass is 10.1. The standard InChI is InChI=1S/C17H21N5/c1-13-19-14(2)22(20-13)12-17-4-3-9-21(17)11-16-7-5-15(10-18)6-8-16/h5-8,17H,3-4,9,11-12H2,1-2H3/t17-/m1/s1. The Kier molecular flexibility index (Phi) is 4.21. The summed E-state index contributed by atoms with van der Waals surface area (Å²) in [4.78, 5) is 6.90. The summed E-state index contributed by atoms with van der Waals surface area (Å²) in [5.41, 5.74) is 1.98. The maximum Gasteiger partial charge on any atom is 0.147 e. The van der Waals surface area contributed by atoms with Crippen LogP contribution in [-0.4, -0.2) is 32.3 Å². The number of aromatic nitrogens is 3. The summed E-state index contributed by atoms with van der Waals surface area (Å²) in [5, 5.41) is 13.4. The third-order valence-corrected chi connectivity index (χ3v) is 4.31. The number of likely N-dealkylation sites (tertiary alicyclic amines) is 1. The van der Waals surface area contributed by atoms with Crippen LogP contribution in [0.15, 0.2) is 24.3 Å². The fraction of sp³-hybridized carbons (Fsp3) is 0.471. The molecule has 0 radical (unpaired) electrons. The molecule has 2 heterocycles. The van der Waals surface area contributed by atoms with Gasteiger partial charge in [-0.25, -0.2) is 9.67 Å². The van der Waals surface area contributed by atoms with Gasteiger partial charge in [0.2, 0.25) is 0 Å². The third-order valence-electron chi connectivity index (χ3n) is 4.31. The van der Waals surface area contributed by atoms with Gasteiger partial charge in [-0.2, -0.15) is 10.4 Å². The van der Waals surface area contributed by atoms with E-state index >= 15 is 0 Å². The average Bonchev–Trinajstić information content (AvgIpc) is 3.07. The van der Waals surface area contributed by atoms with Gasteiger partial charge in [0.25, 0.3) is 0 Å². The Balaban J connectivity index is 1.67. The topological polar surface area (TPSA) is 57.7 Å². The molecule has 0 bridgehead atoms. The number of hydrogen-bond donors (Lipinski definition) is 0. The molecule has 0 unspecified atom stereocenters. The lowest BCUT2D eigenvalue weighted by Gasteiger charge is -2.24. The third kappa shape index (κ3) is 3.18.